The molecule has 1 heterocycles. The molecule has 0 saturated heterocycles. The average Bonchev–Trinajstić information content (AvgIpc) is 2.62. The van der Waals surface area contributed by atoms with Gasteiger partial charge < -0.3 is 15.3 Å². The van der Waals surface area contributed by atoms with Crippen molar-refractivity contribution in [2.24, 2.45) is 0 Å². The lowest BCUT2D eigenvalue weighted by molar-refractivity contribution is 0.0697. The number of carboxylic acid groups (broad SMARTS) is 1. The van der Waals surface area contributed by atoms with Crippen LogP contribution in [0.25, 0.3) is 0 Å². The van der Waals surface area contributed by atoms with Crippen molar-refractivity contribution in [2.75, 3.05) is 16.8 Å². The quantitative estimate of drug-likeness (QED) is 0.662. The van der Waals surface area contributed by atoms with Gasteiger partial charge in [0.15, 0.2) is 0 Å². The Balaban J connectivity index is 1.94. The molecule has 0 bridgehead atoms. The van der Waals surface area contributed by atoms with E-state index in [4.69, 9.17) is 5.11 Å². The van der Waals surface area contributed by atoms with Crippen molar-refractivity contribution in [3.63, 3.8) is 0 Å². The first kappa shape index (κ1) is 18.4. The molecule has 0 aliphatic carbocycles. The Morgan fingerprint density at radius 2 is 1.85 bits per heavy atom. The second-order valence-electron chi connectivity index (χ2n) is 6.25. The van der Waals surface area contributed by atoms with Crippen LogP contribution < -0.4 is 10.2 Å². The number of anilines is 4. The van der Waals surface area contributed by atoms with E-state index in [1.54, 1.807) is 18.2 Å². The molecule has 2 aromatic carbocycles. The van der Waals surface area contributed by atoms with Gasteiger partial charge in [-0.15, -0.1) is 0 Å². The highest BCUT2D eigenvalue weighted by Gasteiger charge is 2.12. The number of benzene rings is 2. The van der Waals surface area contributed by atoms with Crippen LogP contribution in [-0.2, 0) is 0 Å². The maximum Gasteiger partial charge on any atom is 0.335 e. The van der Waals surface area contributed by atoms with Crippen molar-refractivity contribution in [3.05, 3.63) is 71.5 Å². The van der Waals surface area contributed by atoms with Gasteiger partial charge in [0.05, 0.1) is 5.56 Å². The fourth-order valence-electron chi connectivity index (χ4n) is 2.90. The second-order valence-corrected chi connectivity index (χ2v) is 6.25. The summed E-state index contributed by atoms with van der Waals surface area (Å²) in [4.78, 5) is 22.3. The standard InChI is InChI=1S/C21H22N4O2/c1-4-25(18-10-5-7-14(2)11-18)20-13-19(22-15(3)23-20)24-17-9-6-8-16(12-17)21(26)27/h5-13H,4H2,1-3H3,(H,26,27)(H,22,23,24). The predicted octanol–water partition coefficient (Wildman–Crippen LogP) is 4.69. The molecule has 3 rings (SSSR count). The largest absolute Gasteiger partial charge is 0.478 e. The molecule has 0 spiro atoms. The summed E-state index contributed by atoms with van der Waals surface area (Å²) >= 11 is 0. The second kappa shape index (κ2) is 7.86. The van der Waals surface area contributed by atoms with Gasteiger partial charge in [0, 0.05) is 24.0 Å². The third-order valence-electron chi connectivity index (χ3n) is 4.11. The summed E-state index contributed by atoms with van der Waals surface area (Å²) in [7, 11) is 0. The Morgan fingerprint density at radius 1 is 1.07 bits per heavy atom. The number of hydrogen-bond donors (Lipinski definition) is 2. The number of aryl methyl sites for hydroxylation is 2. The Bertz CT molecular complexity index is 972. The molecule has 0 radical (unpaired) electrons. The molecule has 6 nitrogen and oxygen atoms in total. The van der Waals surface area contributed by atoms with E-state index in [9.17, 15) is 4.79 Å². The zero-order chi connectivity index (χ0) is 19.4. The van der Waals surface area contributed by atoms with Crippen LogP contribution in [0.2, 0.25) is 0 Å². The Morgan fingerprint density at radius 3 is 2.56 bits per heavy atom. The van der Waals surface area contributed by atoms with Gasteiger partial charge in [0.25, 0.3) is 0 Å². The van der Waals surface area contributed by atoms with E-state index in [0.29, 0.717) is 17.3 Å². The SMILES string of the molecule is CCN(c1cccc(C)c1)c1cc(Nc2cccc(C(=O)O)c2)nc(C)n1. The molecule has 0 atom stereocenters. The number of rotatable bonds is 6. The molecule has 0 unspecified atom stereocenters. The number of nitrogens with zero attached hydrogens (tertiary/aromatic N) is 3. The summed E-state index contributed by atoms with van der Waals surface area (Å²) in [5.74, 6) is 1.07. The summed E-state index contributed by atoms with van der Waals surface area (Å²) < 4.78 is 0. The van der Waals surface area contributed by atoms with Gasteiger partial charge in [0.2, 0.25) is 0 Å². The Hall–Kier alpha value is -3.41. The van der Waals surface area contributed by atoms with Gasteiger partial charge in [-0.1, -0.05) is 18.2 Å². The first-order valence-electron chi connectivity index (χ1n) is 8.76. The number of aromatic carboxylic acids is 1. The predicted molar refractivity (Wildman–Crippen MR) is 107 cm³/mol. The lowest BCUT2D eigenvalue weighted by atomic mass is 10.2. The van der Waals surface area contributed by atoms with Crippen molar-refractivity contribution in [2.45, 2.75) is 20.8 Å². The number of carboxylic acids is 1. The molecule has 3 aromatic rings. The smallest absolute Gasteiger partial charge is 0.335 e. The van der Waals surface area contributed by atoms with Crippen LogP contribution in [0.1, 0.15) is 28.7 Å². The van der Waals surface area contributed by atoms with Gasteiger partial charge in [0.1, 0.15) is 17.5 Å². The molecule has 138 valence electrons. The molecule has 0 aliphatic heterocycles. The lowest BCUT2D eigenvalue weighted by Gasteiger charge is -2.23. The van der Waals surface area contributed by atoms with E-state index in [0.717, 1.165) is 18.1 Å². The van der Waals surface area contributed by atoms with Crippen LogP contribution in [-0.4, -0.2) is 27.6 Å². The lowest BCUT2D eigenvalue weighted by Crippen LogP contribution is -2.18. The highest BCUT2D eigenvalue weighted by Crippen LogP contribution is 2.27. The van der Waals surface area contributed by atoms with Crippen molar-refractivity contribution < 1.29 is 9.90 Å². The summed E-state index contributed by atoms with van der Waals surface area (Å²) in [5.41, 5.74) is 3.13. The summed E-state index contributed by atoms with van der Waals surface area (Å²) in [6.45, 7) is 6.73. The zero-order valence-electron chi connectivity index (χ0n) is 15.6. The topological polar surface area (TPSA) is 78.4 Å². The molecule has 2 N–H and O–H groups in total. The van der Waals surface area contributed by atoms with E-state index in [2.05, 4.69) is 52.2 Å². The van der Waals surface area contributed by atoms with Crippen LogP contribution in [0.5, 0.6) is 0 Å². The van der Waals surface area contributed by atoms with Crippen LogP contribution in [0, 0.1) is 13.8 Å². The minimum Gasteiger partial charge on any atom is -0.478 e. The molecule has 1 aromatic heterocycles. The number of nitrogens with one attached hydrogen (secondary N) is 1. The van der Waals surface area contributed by atoms with Crippen LogP contribution >= 0.6 is 0 Å². The van der Waals surface area contributed by atoms with Crippen LogP contribution in [0.4, 0.5) is 23.0 Å². The molecule has 6 heteroatoms. The van der Waals surface area contributed by atoms with E-state index in [1.807, 2.05) is 25.1 Å². The zero-order valence-corrected chi connectivity index (χ0v) is 15.6. The Labute approximate surface area is 158 Å². The first-order valence-corrected chi connectivity index (χ1v) is 8.76. The Kier molecular flexibility index (Phi) is 5.35. The minimum atomic E-state index is -0.963. The van der Waals surface area contributed by atoms with Gasteiger partial charge in [-0.25, -0.2) is 14.8 Å². The maximum atomic E-state index is 11.2. The monoisotopic (exact) mass is 362 g/mol. The summed E-state index contributed by atoms with van der Waals surface area (Å²) in [5, 5.41) is 12.3. The fraction of sp³-hybridized carbons (Fsp3) is 0.190. The number of hydrogen-bond acceptors (Lipinski definition) is 5. The molecule has 0 amide bonds. The molecule has 27 heavy (non-hydrogen) atoms. The van der Waals surface area contributed by atoms with Crippen molar-refractivity contribution in [1.29, 1.82) is 0 Å². The van der Waals surface area contributed by atoms with Crippen LogP contribution in [0.15, 0.2) is 54.6 Å². The molecular formula is C21H22N4O2. The van der Waals surface area contributed by atoms with Crippen molar-refractivity contribution in [3.8, 4) is 0 Å². The van der Waals surface area contributed by atoms with Gasteiger partial charge >= 0.3 is 5.97 Å². The summed E-state index contributed by atoms with van der Waals surface area (Å²) in [6.07, 6.45) is 0. The summed E-state index contributed by atoms with van der Waals surface area (Å²) in [6, 6.07) is 16.8. The van der Waals surface area contributed by atoms with Gasteiger partial charge in [-0.3, -0.25) is 0 Å². The first-order chi connectivity index (χ1) is 13.0. The van der Waals surface area contributed by atoms with E-state index in [-0.39, 0.29) is 5.56 Å². The van der Waals surface area contributed by atoms with Crippen molar-refractivity contribution in [1.82, 2.24) is 9.97 Å². The molecule has 0 fully saturated rings. The molecule has 0 aliphatic rings. The highest BCUT2D eigenvalue weighted by molar-refractivity contribution is 5.89. The van der Waals surface area contributed by atoms with E-state index < -0.39 is 5.97 Å². The third-order valence-corrected chi connectivity index (χ3v) is 4.11. The fourth-order valence-corrected chi connectivity index (χ4v) is 2.90. The van der Waals surface area contributed by atoms with Gasteiger partial charge in [-0.2, -0.15) is 0 Å². The third kappa shape index (κ3) is 4.41. The minimum absolute atomic E-state index is 0.223. The maximum absolute atomic E-state index is 11.2. The average molecular weight is 362 g/mol. The van der Waals surface area contributed by atoms with E-state index in [1.165, 1.54) is 5.56 Å². The molecular weight excluding hydrogens is 340 g/mol. The van der Waals surface area contributed by atoms with Gasteiger partial charge in [-0.05, 0) is 56.7 Å². The van der Waals surface area contributed by atoms with E-state index >= 15 is 0 Å². The molecule has 0 saturated carbocycles. The van der Waals surface area contributed by atoms with Crippen molar-refractivity contribution >= 4 is 29.0 Å². The number of aromatic nitrogens is 2. The highest BCUT2D eigenvalue weighted by atomic mass is 16.4. The normalized spacial score (nSPS) is 10.5. The van der Waals surface area contributed by atoms with Crippen LogP contribution in [0.3, 0.4) is 0 Å². The number of carbonyl (C=O) groups is 1.